The molecule has 0 atom stereocenters. The van der Waals surface area contributed by atoms with Gasteiger partial charge in [0.1, 0.15) is 12.0 Å². The van der Waals surface area contributed by atoms with Gasteiger partial charge in [-0.3, -0.25) is 14.9 Å². The van der Waals surface area contributed by atoms with Crippen LogP contribution in [0.4, 0.5) is 5.69 Å². The Morgan fingerprint density at radius 2 is 1.84 bits per heavy atom. The van der Waals surface area contributed by atoms with Crippen molar-refractivity contribution in [3.63, 3.8) is 0 Å². The number of hydrogen-bond donors (Lipinski definition) is 3. The molecule has 0 aliphatic rings. The highest BCUT2D eigenvalue weighted by molar-refractivity contribution is 7.80. The molecule has 0 amide bonds. The SMILES string of the molecule is C/C(=N\NC(=S)Nc1ccc(C=O)cc1)c1nn(C)c(-c2ccc(CC(C)C)cc2)c1O. The third-order valence-electron chi connectivity index (χ3n) is 4.87. The smallest absolute Gasteiger partial charge is 0.191 e. The minimum absolute atomic E-state index is 0.0653. The zero-order valence-corrected chi connectivity index (χ0v) is 19.4. The molecule has 0 aliphatic carbocycles. The van der Waals surface area contributed by atoms with Gasteiger partial charge in [0.25, 0.3) is 0 Å². The van der Waals surface area contributed by atoms with Gasteiger partial charge in [0.15, 0.2) is 16.6 Å². The number of thiocarbonyl (C=S) groups is 1. The Morgan fingerprint density at radius 1 is 1.19 bits per heavy atom. The molecule has 0 spiro atoms. The maximum Gasteiger partial charge on any atom is 0.191 e. The average molecular weight is 450 g/mol. The lowest BCUT2D eigenvalue weighted by Crippen LogP contribution is -2.25. The third-order valence-corrected chi connectivity index (χ3v) is 5.06. The number of aromatic hydroxyl groups is 1. The maximum absolute atomic E-state index is 10.8. The number of carbonyl (C=O) groups excluding carboxylic acids is 1. The zero-order valence-electron chi connectivity index (χ0n) is 18.6. The van der Waals surface area contributed by atoms with Gasteiger partial charge in [-0.1, -0.05) is 38.1 Å². The molecule has 0 saturated heterocycles. The third kappa shape index (κ3) is 5.59. The molecule has 0 saturated carbocycles. The summed E-state index contributed by atoms with van der Waals surface area (Å²) in [6.45, 7) is 6.12. The summed E-state index contributed by atoms with van der Waals surface area (Å²) in [4.78, 5) is 10.7. The molecule has 3 aromatic rings. The van der Waals surface area contributed by atoms with E-state index in [1.165, 1.54) is 5.56 Å². The predicted octanol–water partition coefficient (Wildman–Crippen LogP) is 4.51. The first-order valence-electron chi connectivity index (χ1n) is 10.3. The van der Waals surface area contributed by atoms with E-state index < -0.39 is 0 Å². The van der Waals surface area contributed by atoms with Crippen LogP contribution in [0, 0.1) is 5.92 Å². The number of aryl methyl sites for hydroxylation is 1. The van der Waals surface area contributed by atoms with Crippen LogP contribution >= 0.6 is 12.2 Å². The Labute approximate surface area is 193 Å². The summed E-state index contributed by atoms with van der Waals surface area (Å²) in [5, 5.41) is 22.8. The van der Waals surface area contributed by atoms with Crippen molar-refractivity contribution in [1.29, 1.82) is 0 Å². The summed E-state index contributed by atoms with van der Waals surface area (Å²) in [7, 11) is 1.79. The van der Waals surface area contributed by atoms with Crippen LogP contribution in [0.5, 0.6) is 5.75 Å². The van der Waals surface area contributed by atoms with Crippen LogP contribution in [-0.4, -0.2) is 32.0 Å². The van der Waals surface area contributed by atoms with Crippen LogP contribution in [0.15, 0.2) is 53.6 Å². The first-order chi connectivity index (χ1) is 15.3. The van der Waals surface area contributed by atoms with E-state index in [1.807, 2.05) is 12.1 Å². The van der Waals surface area contributed by atoms with E-state index in [0.29, 0.717) is 28.6 Å². The van der Waals surface area contributed by atoms with Gasteiger partial charge >= 0.3 is 0 Å². The predicted molar refractivity (Wildman–Crippen MR) is 132 cm³/mol. The Kier molecular flexibility index (Phi) is 7.37. The van der Waals surface area contributed by atoms with Crippen LogP contribution in [0.25, 0.3) is 11.3 Å². The van der Waals surface area contributed by atoms with Gasteiger partial charge in [0.2, 0.25) is 0 Å². The molecule has 1 aromatic heterocycles. The fourth-order valence-corrected chi connectivity index (χ4v) is 3.51. The van der Waals surface area contributed by atoms with E-state index in [1.54, 1.807) is 42.9 Å². The molecule has 1 heterocycles. The van der Waals surface area contributed by atoms with Crippen LogP contribution in [0.3, 0.4) is 0 Å². The molecule has 8 heteroatoms. The molecular weight excluding hydrogens is 422 g/mol. The van der Waals surface area contributed by atoms with E-state index in [9.17, 15) is 9.90 Å². The first-order valence-corrected chi connectivity index (χ1v) is 10.7. The lowest BCUT2D eigenvalue weighted by Gasteiger charge is -2.08. The van der Waals surface area contributed by atoms with Crippen molar-refractivity contribution in [2.24, 2.45) is 18.1 Å². The number of anilines is 1. The average Bonchev–Trinajstić information content (AvgIpc) is 3.07. The van der Waals surface area contributed by atoms with Crippen molar-refractivity contribution in [3.05, 3.63) is 65.4 Å². The summed E-state index contributed by atoms with van der Waals surface area (Å²) < 4.78 is 1.65. The fourth-order valence-electron chi connectivity index (χ4n) is 3.34. The molecule has 3 N–H and O–H groups in total. The topological polar surface area (TPSA) is 91.5 Å². The number of aldehydes is 1. The molecule has 2 aromatic carbocycles. The number of hydrogen-bond acceptors (Lipinski definition) is 5. The van der Waals surface area contributed by atoms with E-state index >= 15 is 0 Å². The van der Waals surface area contributed by atoms with Gasteiger partial charge < -0.3 is 10.4 Å². The Bertz CT molecular complexity index is 1130. The highest BCUT2D eigenvalue weighted by atomic mass is 32.1. The molecule has 7 nitrogen and oxygen atoms in total. The van der Waals surface area contributed by atoms with E-state index in [4.69, 9.17) is 12.2 Å². The fraction of sp³-hybridized carbons (Fsp3) is 0.250. The van der Waals surface area contributed by atoms with Crippen LogP contribution in [0.1, 0.15) is 42.4 Å². The standard InChI is InChI=1S/C24H27N5O2S/c1-15(2)13-17-5-9-19(10-6-17)22-23(31)21(28-29(22)4)16(3)26-27-24(32)25-20-11-7-18(14-30)8-12-20/h5-12,14-15,31H,13H2,1-4H3,(H2,25,27,32)/b26-16+. The van der Waals surface area contributed by atoms with E-state index in [-0.39, 0.29) is 10.9 Å². The minimum Gasteiger partial charge on any atom is -0.504 e. The summed E-state index contributed by atoms with van der Waals surface area (Å²) in [5.74, 6) is 0.649. The number of nitrogens with zero attached hydrogens (tertiary/aromatic N) is 3. The zero-order chi connectivity index (χ0) is 23.3. The second-order valence-electron chi connectivity index (χ2n) is 7.97. The molecular formula is C24H27N5O2S. The number of benzene rings is 2. The van der Waals surface area contributed by atoms with Gasteiger partial charge in [0, 0.05) is 23.9 Å². The van der Waals surface area contributed by atoms with Crippen molar-refractivity contribution >= 4 is 35.0 Å². The number of rotatable bonds is 7. The van der Waals surface area contributed by atoms with Gasteiger partial charge in [-0.05, 0) is 61.3 Å². The van der Waals surface area contributed by atoms with Gasteiger partial charge in [-0.2, -0.15) is 10.2 Å². The number of aromatic nitrogens is 2. The number of carbonyl (C=O) groups is 1. The summed E-state index contributed by atoms with van der Waals surface area (Å²) in [6, 6.07) is 15.0. The molecule has 0 aliphatic heterocycles. The summed E-state index contributed by atoms with van der Waals surface area (Å²) in [6.07, 6.45) is 1.79. The van der Waals surface area contributed by atoms with Crippen molar-refractivity contribution < 1.29 is 9.90 Å². The molecule has 0 fully saturated rings. The van der Waals surface area contributed by atoms with Crippen LogP contribution < -0.4 is 10.7 Å². The largest absolute Gasteiger partial charge is 0.504 e. The molecule has 32 heavy (non-hydrogen) atoms. The second-order valence-corrected chi connectivity index (χ2v) is 8.38. The van der Waals surface area contributed by atoms with Gasteiger partial charge in [-0.15, -0.1) is 0 Å². The monoisotopic (exact) mass is 449 g/mol. The van der Waals surface area contributed by atoms with E-state index in [2.05, 4.69) is 46.9 Å². The molecule has 0 bridgehead atoms. The molecule has 0 unspecified atom stereocenters. The normalized spacial score (nSPS) is 11.5. The van der Waals surface area contributed by atoms with Crippen molar-refractivity contribution in [1.82, 2.24) is 15.2 Å². The Balaban J connectivity index is 1.72. The number of hydrazone groups is 1. The van der Waals surface area contributed by atoms with Crippen LogP contribution in [-0.2, 0) is 13.5 Å². The lowest BCUT2D eigenvalue weighted by molar-refractivity contribution is 0.112. The molecule has 3 rings (SSSR count). The summed E-state index contributed by atoms with van der Waals surface area (Å²) in [5.41, 5.74) is 7.70. The minimum atomic E-state index is 0.0653. The highest BCUT2D eigenvalue weighted by Crippen LogP contribution is 2.32. The van der Waals surface area contributed by atoms with Crippen LogP contribution in [0.2, 0.25) is 0 Å². The first kappa shape index (κ1) is 23.1. The maximum atomic E-state index is 10.8. The second kappa shape index (κ2) is 10.2. The lowest BCUT2D eigenvalue weighted by atomic mass is 10.0. The Hall–Kier alpha value is -3.52. The highest BCUT2D eigenvalue weighted by Gasteiger charge is 2.19. The van der Waals surface area contributed by atoms with Gasteiger partial charge in [-0.25, -0.2) is 0 Å². The quantitative estimate of drug-likeness (QED) is 0.213. The summed E-state index contributed by atoms with van der Waals surface area (Å²) >= 11 is 5.26. The van der Waals surface area contributed by atoms with Crippen molar-refractivity contribution in [3.8, 4) is 17.0 Å². The van der Waals surface area contributed by atoms with Gasteiger partial charge in [0.05, 0.1) is 5.71 Å². The number of nitrogens with one attached hydrogen (secondary N) is 2. The Morgan fingerprint density at radius 3 is 2.44 bits per heavy atom. The molecule has 166 valence electrons. The van der Waals surface area contributed by atoms with Crippen molar-refractivity contribution in [2.45, 2.75) is 27.2 Å². The molecule has 0 radical (unpaired) electrons. The van der Waals surface area contributed by atoms with Crippen molar-refractivity contribution in [2.75, 3.05) is 5.32 Å². The van der Waals surface area contributed by atoms with E-state index in [0.717, 1.165) is 24.0 Å².